The lowest BCUT2D eigenvalue weighted by atomic mass is 9.68. The predicted octanol–water partition coefficient (Wildman–Crippen LogP) is 1.66. The van der Waals surface area contributed by atoms with Crippen molar-refractivity contribution in [3.05, 3.63) is 0 Å². The second-order valence-corrected chi connectivity index (χ2v) is 6.27. The molecule has 2 rings (SSSR count). The van der Waals surface area contributed by atoms with Crippen molar-refractivity contribution in [2.45, 2.75) is 51.9 Å². The van der Waals surface area contributed by atoms with E-state index in [4.69, 9.17) is 5.84 Å². The van der Waals surface area contributed by atoms with E-state index in [1.54, 1.807) is 0 Å². The summed E-state index contributed by atoms with van der Waals surface area (Å²) in [4.78, 5) is 13.8. The Bertz CT molecular complexity index is 277. The van der Waals surface area contributed by atoms with Crippen LogP contribution in [0.3, 0.4) is 0 Å². The lowest BCUT2D eigenvalue weighted by Gasteiger charge is -2.44. The number of carbonyl (C=O) groups excluding carboxylic acids is 1. The first-order valence-electron chi connectivity index (χ1n) is 7.38. The summed E-state index contributed by atoms with van der Waals surface area (Å²) in [6, 6.07) is 0. The van der Waals surface area contributed by atoms with E-state index in [0.29, 0.717) is 5.41 Å². The second kappa shape index (κ2) is 6.02. The first kappa shape index (κ1) is 13.8. The van der Waals surface area contributed by atoms with Crippen LogP contribution in [0.5, 0.6) is 0 Å². The van der Waals surface area contributed by atoms with Crippen molar-refractivity contribution in [3.63, 3.8) is 0 Å². The van der Waals surface area contributed by atoms with Crippen molar-refractivity contribution in [1.82, 2.24) is 10.3 Å². The van der Waals surface area contributed by atoms with E-state index in [1.165, 1.54) is 44.9 Å². The summed E-state index contributed by atoms with van der Waals surface area (Å²) < 4.78 is 0. The molecule has 0 radical (unpaired) electrons. The van der Waals surface area contributed by atoms with Gasteiger partial charge in [-0.3, -0.25) is 10.2 Å². The molecule has 1 heterocycles. The van der Waals surface area contributed by atoms with Crippen LogP contribution in [-0.2, 0) is 4.79 Å². The summed E-state index contributed by atoms with van der Waals surface area (Å²) in [6.07, 6.45) is 9.78. The highest BCUT2D eigenvalue weighted by atomic mass is 16.2. The maximum Gasteiger partial charge on any atom is 0.237 e. The molecule has 0 aromatic heterocycles. The molecule has 2 aliphatic rings. The molecule has 104 valence electrons. The number of nitrogens with zero attached hydrogens (tertiary/aromatic N) is 1. The maximum absolute atomic E-state index is 11.4. The van der Waals surface area contributed by atoms with Crippen molar-refractivity contribution >= 4 is 5.91 Å². The summed E-state index contributed by atoms with van der Waals surface area (Å²) in [7, 11) is 0. The van der Waals surface area contributed by atoms with Gasteiger partial charge in [0.25, 0.3) is 0 Å². The third kappa shape index (κ3) is 3.23. The molecule has 18 heavy (non-hydrogen) atoms. The zero-order chi connectivity index (χ0) is 13.0. The molecule has 0 aromatic carbocycles. The zero-order valence-corrected chi connectivity index (χ0v) is 11.6. The predicted molar refractivity (Wildman–Crippen MR) is 72.7 cm³/mol. The van der Waals surface area contributed by atoms with Crippen LogP contribution < -0.4 is 11.3 Å². The van der Waals surface area contributed by atoms with Crippen LogP contribution in [0.4, 0.5) is 0 Å². The van der Waals surface area contributed by atoms with Gasteiger partial charge in [0.05, 0.1) is 0 Å². The smallest absolute Gasteiger partial charge is 0.237 e. The average molecular weight is 253 g/mol. The molecule has 0 aromatic rings. The molecule has 3 N–H and O–H groups in total. The fraction of sp³-hybridized carbons (Fsp3) is 0.929. The quantitative estimate of drug-likeness (QED) is 0.457. The zero-order valence-electron chi connectivity index (χ0n) is 11.6. The molecular formula is C14H27N3O. The van der Waals surface area contributed by atoms with Gasteiger partial charge in [-0.1, -0.05) is 26.2 Å². The highest BCUT2D eigenvalue weighted by Crippen LogP contribution is 2.44. The lowest BCUT2D eigenvalue weighted by Crippen LogP contribution is -2.45. The number of carbonyl (C=O) groups is 1. The number of amides is 1. The number of piperidine rings is 1. The Balaban J connectivity index is 1.77. The van der Waals surface area contributed by atoms with Crippen LogP contribution in [0, 0.1) is 11.3 Å². The van der Waals surface area contributed by atoms with Gasteiger partial charge in [0.1, 0.15) is 0 Å². The Hall–Kier alpha value is -0.610. The van der Waals surface area contributed by atoms with Crippen molar-refractivity contribution in [3.8, 4) is 0 Å². The summed E-state index contributed by atoms with van der Waals surface area (Å²) in [6.45, 7) is 5.11. The standard InChI is InChI=1S/C14H27N3O/c1-12(13(18)16-15)11-17-9-7-14(8-10-17)5-3-2-4-6-14/h12H,2-11,15H2,1H3,(H,16,18). The minimum atomic E-state index is -0.0482. The fourth-order valence-corrected chi connectivity index (χ4v) is 3.62. The monoisotopic (exact) mass is 253 g/mol. The van der Waals surface area contributed by atoms with Crippen molar-refractivity contribution < 1.29 is 4.79 Å². The molecular weight excluding hydrogens is 226 g/mol. The van der Waals surface area contributed by atoms with Crippen LogP contribution in [-0.4, -0.2) is 30.4 Å². The normalized spacial score (nSPS) is 25.9. The van der Waals surface area contributed by atoms with Gasteiger partial charge in [0.15, 0.2) is 0 Å². The molecule has 1 atom stereocenters. The van der Waals surface area contributed by atoms with Crippen LogP contribution >= 0.6 is 0 Å². The van der Waals surface area contributed by atoms with Crippen molar-refractivity contribution in [1.29, 1.82) is 0 Å². The summed E-state index contributed by atoms with van der Waals surface area (Å²) >= 11 is 0. The molecule has 1 spiro atoms. The van der Waals surface area contributed by atoms with E-state index in [0.717, 1.165) is 19.6 Å². The number of nitrogens with two attached hydrogens (primary N) is 1. The van der Waals surface area contributed by atoms with Gasteiger partial charge in [-0.25, -0.2) is 5.84 Å². The molecule has 4 heteroatoms. The molecule has 1 aliphatic heterocycles. The van der Waals surface area contributed by atoms with E-state index in [2.05, 4.69) is 10.3 Å². The van der Waals surface area contributed by atoms with E-state index in [1.807, 2.05) is 6.92 Å². The van der Waals surface area contributed by atoms with Gasteiger partial charge in [0, 0.05) is 12.5 Å². The minimum Gasteiger partial charge on any atom is -0.303 e. The van der Waals surface area contributed by atoms with Crippen LogP contribution in [0.2, 0.25) is 0 Å². The third-order valence-electron chi connectivity index (χ3n) is 4.95. The van der Waals surface area contributed by atoms with Crippen molar-refractivity contribution in [2.24, 2.45) is 17.2 Å². The number of nitrogens with one attached hydrogen (secondary N) is 1. The van der Waals surface area contributed by atoms with Crippen LogP contribution in [0.25, 0.3) is 0 Å². The van der Waals surface area contributed by atoms with E-state index in [9.17, 15) is 4.79 Å². The van der Waals surface area contributed by atoms with Gasteiger partial charge >= 0.3 is 0 Å². The summed E-state index contributed by atoms with van der Waals surface area (Å²) in [5.74, 6) is 5.12. The maximum atomic E-state index is 11.4. The first-order chi connectivity index (χ1) is 8.65. The van der Waals surface area contributed by atoms with Gasteiger partial charge in [-0.2, -0.15) is 0 Å². The molecule has 2 fully saturated rings. The largest absolute Gasteiger partial charge is 0.303 e. The van der Waals surface area contributed by atoms with E-state index < -0.39 is 0 Å². The SMILES string of the molecule is CC(CN1CCC2(CCCCC2)CC1)C(=O)NN. The number of likely N-dealkylation sites (tertiary alicyclic amines) is 1. The number of hydrogen-bond donors (Lipinski definition) is 2. The Morgan fingerprint density at radius 1 is 1.22 bits per heavy atom. The molecule has 1 unspecified atom stereocenters. The average Bonchev–Trinajstić information content (AvgIpc) is 2.41. The number of hydrazine groups is 1. The Morgan fingerprint density at radius 3 is 2.39 bits per heavy atom. The third-order valence-corrected chi connectivity index (χ3v) is 4.95. The van der Waals surface area contributed by atoms with E-state index in [-0.39, 0.29) is 11.8 Å². The van der Waals surface area contributed by atoms with Crippen LogP contribution in [0.1, 0.15) is 51.9 Å². The minimum absolute atomic E-state index is 0.00425. The Kier molecular flexibility index (Phi) is 4.62. The van der Waals surface area contributed by atoms with Gasteiger partial charge in [-0.05, 0) is 44.2 Å². The molecule has 1 saturated heterocycles. The second-order valence-electron chi connectivity index (χ2n) is 6.27. The topological polar surface area (TPSA) is 58.4 Å². The number of hydrogen-bond acceptors (Lipinski definition) is 3. The van der Waals surface area contributed by atoms with E-state index >= 15 is 0 Å². The molecule has 1 amide bonds. The van der Waals surface area contributed by atoms with Gasteiger partial charge in [0.2, 0.25) is 5.91 Å². The Morgan fingerprint density at radius 2 is 1.83 bits per heavy atom. The van der Waals surface area contributed by atoms with Crippen LogP contribution in [0.15, 0.2) is 0 Å². The highest BCUT2D eigenvalue weighted by Gasteiger charge is 2.35. The molecule has 1 saturated carbocycles. The van der Waals surface area contributed by atoms with Gasteiger partial charge in [-0.15, -0.1) is 0 Å². The number of rotatable bonds is 3. The molecule has 4 nitrogen and oxygen atoms in total. The molecule has 1 aliphatic carbocycles. The van der Waals surface area contributed by atoms with Crippen molar-refractivity contribution in [2.75, 3.05) is 19.6 Å². The Labute approximate surface area is 110 Å². The molecule has 0 bridgehead atoms. The summed E-state index contributed by atoms with van der Waals surface area (Å²) in [5.41, 5.74) is 2.89. The highest BCUT2D eigenvalue weighted by molar-refractivity contribution is 5.77. The summed E-state index contributed by atoms with van der Waals surface area (Å²) in [5, 5.41) is 0. The van der Waals surface area contributed by atoms with Gasteiger partial charge < -0.3 is 4.90 Å². The lowest BCUT2D eigenvalue weighted by molar-refractivity contribution is -0.125. The first-order valence-corrected chi connectivity index (χ1v) is 7.38. The fourth-order valence-electron chi connectivity index (χ4n) is 3.62.